The van der Waals surface area contributed by atoms with E-state index in [-0.39, 0.29) is 18.2 Å². The quantitative estimate of drug-likeness (QED) is 0.625. The van der Waals surface area contributed by atoms with E-state index >= 15 is 0 Å². The van der Waals surface area contributed by atoms with Gasteiger partial charge in [-0.3, -0.25) is 4.79 Å². The molecule has 0 aliphatic carbocycles. The lowest BCUT2D eigenvalue weighted by molar-refractivity contribution is -0.142. The Bertz CT molecular complexity index is 269. The SMILES string of the molecule is CC(C)CC(NC(=O)CCC(C)(C)N)C(=O)O. The lowest BCUT2D eigenvalue weighted by Gasteiger charge is -2.20. The topological polar surface area (TPSA) is 92.4 Å². The van der Waals surface area contributed by atoms with Crippen molar-refractivity contribution in [1.82, 2.24) is 5.32 Å². The summed E-state index contributed by atoms with van der Waals surface area (Å²) in [6.45, 7) is 7.52. The van der Waals surface area contributed by atoms with Gasteiger partial charge in [0.05, 0.1) is 0 Å². The molecule has 5 nitrogen and oxygen atoms in total. The van der Waals surface area contributed by atoms with Crippen molar-refractivity contribution < 1.29 is 14.7 Å². The number of carboxylic acids is 1. The highest BCUT2D eigenvalue weighted by molar-refractivity contribution is 5.83. The van der Waals surface area contributed by atoms with Gasteiger partial charge < -0.3 is 16.2 Å². The van der Waals surface area contributed by atoms with E-state index in [9.17, 15) is 9.59 Å². The van der Waals surface area contributed by atoms with Crippen LogP contribution in [0.4, 0.5) is 0 Å². The summed E-state index contributed by atoms with van der Waals surface area (Å²) in [7, 11) is 0. The lowest BCUT2D eigenvalue weighted by Crippen LogP contribution is -2.42. The molecule has 1 atom stereocenters. The molecule has 100 valence electrons. The number of amides is 1. The number of hydrogen-bond donors (Lipinski definition) is 3. The summed E-state index contributed by atoms with van der Waals surface area (Å²) in [5.41, 5.74) is 5.35. The number of carboxylic acid groups (broad SMARTS) is 1. The van der Waals surface area contributed by atoms with Crippen LogP contribution in [0.25, 0.3) is 0 Å². The summed E-state index contributed by atoms with van der Waals surface area (Å²) < 4.78 is 0. The van der Waals surface area contributed by atoms with Crippen LogP contribution in [0.15, 0.2) is 0 Å². The van der Waals surface area contributed by atoms with Crippen molar-refractivity contribution in [2.45, 2.75) is 58.5 Å². The van der Waals surface area contributed by atoms with Gasteiger partial charge in [0.25, 0.3) is 0 Å². The van der Waals surface area contributed by atoms with Crippen molar-refractivity contribution in [3.05, 3.63) is 0 Å². The fourth-order valence-corrected chi connectivity index (χ4v) is 1.40. The predicted molar refractivity (Wildman–Crippen MR) is 66.5 cm³/mol. The second-order valence-corrected chi connectivity index (χ2v) is 5.58. The van der Waals surface area contributed by atoms with E-state index in [0.29, 0.717) is 12.8 Å². The standard InChI is InChI=1S/C12H24N2O3/c1-8(2)7-9(11(16)17)14-10(15)5-6-12(3,4)13/h8-9H,5-7,13H2,1-4H3,(H,14,15)(H,16,17). The van der Waals surface area contributed by atoms with Crippen LogP contribution in [0.2, 0.25) is 0 Å². The highest BCUT2D eigenvalue weighted by Crippen LogP contribution is 2.09. The van der Waals surface area contributed by atoms with Crippen LogP contribution < -0.4 is 11.1 Å². The third kappa shape index (κ3) is 8.68. The molecule has 0 saturated carbocycles. The normalized spacial score (nSPS) is 13.5. The molecule has 0 heterocycles. The Kier molecular flexibility index (Phi) is 6.16. The smallest absolute Gasteiger partial charge is 0.326 e. The van der Waals surface area contributed by atoms with Crippen molar-refractivity contribution >= 4 is 11.9 Å². The number of carbonyl (C=O) groups excluding carboxylic acids is 1. The zero-order chi connectivity index (χ0) is 13.6. The molecule has 0 fully saturated rings. The fourth-order valence-electron chi connectivity index (χ4n) is 1.40. The average molecular weight is 244 g/mol. The van der Waals surface area contributed by atoms with Gasteiger partial charge in [-0.15, -0.1) is 0 Å². The van der Waals surface area contributed by atoms with Gasteiger partial charge in [-0.05, 0) is 32.6 Å². The third-order valence-corrected chi connectivity index (χ3v) is 2.34. The Balaban J connectivity index is 4.18. The number of nitrogens with two attached hydrogens (primary N) is 1. The second-order valence-electron chi connectivity index (χ2n) is 5.58. The first kappa shape index (κ1) is 15.9. The highest BCUT2D eigenvalue weighted by atomic mass is 16.4. The minimum absolute atomic E-state index is 0.224. The minimum Gasteiger partial charge on any atom is -0.480 e. The summed E-state index contributed by atoms with van der Waals surface area (Å²) in [5, 5.41) is 11.5. The van der Waals surface area contributed by atoms with Crippen LogP contribution in [-0.4, -0.2) is 28.6 Å². The van der Waals surface area contributed by atoms with E-state index in [1.54, 1.807) is 0 Å². The number of rotatable bonds is 7. The number of hydrogen-bond acceptors (Lipinski definition) is 3. The molecule has 4 N–H and O–H groups in total. The van der Waals surface area contributed by atoms with Crippen LogP contribution in [0.5, 0.6) is 0 Å². The van der Waals surface area contributed by atoms with Crippen molar-refractivity contribution in [3.8, 4) is 0 Å². The first-order chi connectivity index (χ1) is 7.61. The zero-order valence-corrected chi connectivity index (χ0v) is 11.1. The monoisotopic (exact) mass is 244 g/mol. The molecule has 0 aliphatic heterocycles. The Morgan fingerprint density at radius 3 is 2.24 bits per heavy atom. The Morgan fingerprint density at radius 1 is 1.35 bits per heavy atom. The molecule has 0 radical (unpaired) electrons. The average Bonchev–Trinajstić information content (AvgIpc) is 2.11. The zero-order valence-electron chi connectivity index (χ0n) is 11.1. The van der Waals surface area contributed by atoms with E-state index in [0.717, 1.165) is 0 Å². The summed E-state index contributed by atoms with van der Waals surface area (Å²) in [6, 6.07) is -0.802. The maximum Gasteiger partial charge on any atom is 0.326 e. The first-order valence-corrected chi connectivity index (χ1v) is 5.93. The van der Waals surface area contributed by atoms with Crippen molar-refractivity contribution in [2.24, 2.45) is 11.7 Å². The summed E-state index contributed by atoms with van der Waals surface area (Å²) in [6.07, 6.45) is 1.23. The van der Waals surface area contributed by atoms with Crippen LogP contribution in [-0.2, 0) is 9.59 Å². The van der Waals surface area contributed by atoms with Crippen LogP contribution in [0.1, 0.15) is 47.0 Å². The minimum atomic E-state index is -0.987. The number of carbonyl (C=O) groups is 2. The van der Waals surface area contributed by atoms with Gasteiger partial charge in [0.2, 0.25) is 5.91 Å². The molecule has 5 heteroatoms. The highest BCUT2D eigenvalue weighted by Gasteiger charge is 2.21. The van der Waals surface area contributed by atoms with E-state index in [1.807, 2.05) is 27.7 Å². The fraction of sp³-hybridized carbons (Fsp3) is 0.833. The molecule has 17 heavy (non-hydrogen) atoms. The summed E-state index contributed by atoms with van der Waals surface area (Å²) in [4.78, 5) is 22.5. The van der Waals surface area contributed by atoms with Gasteiger partial charge >= 0.3 is 5.97 Å². The van der Waals surface area contributed by atoms with E-state index in [2.05, 4.69) is 5.32 Å². The van der Waals surface area contributed by atoms with Gasteiger partial charge in [0.15, 0.2) is 0 Å². The number of nitrogens with one attached hydrogen (secondary N) is 1. The van der Waals surface area contributed by atoms with Gasteiger partial charge in [-0.2, -0.15) is 0 Å². The van der Waals surface area contributed by atoms with Gasteiger partial charge in [0.1, 0.15) is 6.04 Å². The van der Waals surface area contributed by atoms with Gasteiger partial charge in [-0.25, -0.2) is 4.79 Å². The molecular weight excluding hydrogens is 220 g/mol. The molecular formula is C12H24N2O3. The van der Waals surface area contributed by atoms with Crippen LogP contribution in [0, 0.1) is 5.92 Å². The van der Waals surface area contributed by atoms with Crippen molar-refractivity contribution in [3.63, 3.8) is 0 Å². The maximum absolute atomic E-state index is 11.6. The molecule has 1 unspecified atom stereocenters. The second kappa shape index (κ2) is 6.59. The first-order valence-electron chi connectivity index (χ1n) is 5.93. The molecule has 0 saturated heterocycles. The van der Waals surface area contributed by atoms with Crippen molar-refractivity contribution in [2.75, 3.05) is 0 Å². The largest absolute Gasteiger partial charge is 0.480 e. The third-order valence-electron chi connectivity index (χ3n) is 2.34. The summed E-state index contributed by atoms with van der Waals surface area (Å²) >= 11 is 0. The lowest BCUT2D eigenvalue weighted by atomic mass is 9.99. The molecule has 0 aromatic heterocycles. The molecule has 0 bridgehead atoms. The van der Waals surface area contributed by atoms with Crippen molar-refractivity contribution in [1.29, 1.82) is 0 Å². The molecule has 0 aromatic carbocycles. The Hall–Kier alpha value is -1.10. The van der Waals surface area contributed by atoms with E-state index in [1.165, 1.54) is 0 Å². The van der Waals surface area contributed by atoms with E-state index in [4.69, 9.17) is 10.8 Å². The van der Waals surface area contributed by atoms with Crippen LogP contribution in [0.3, 0.4) is 0 Å². The molecule has 0 aliphatic rings. The summed E-state index contributed by atoms with van der Waals surface area (Å²) in [5.74, 6) is -1.02. The van der Waals surface area contributed by atoms with Gasteiger partial charge in [-0.1, -0.05) is 13.8 Å². The predicted octanol–water partition coefficient (Wildman–Crippen LogP) is 1.12. The molecule has 0 aromatic rings. The molecule has 0 spiro atoms. The van der Waals surface area contributed by atoms with Gasteiger partial charge in [0, 0.05) is 12.0 Å². The molecule has 1 amide bonds. The number of aliphatic carboxylic acids is 1. The Labute approximate surface area is 103 Å². The van der Waals surface area contributed by atoms with Crippen LogP contribution >= 0.6 is 0 Å². The Morgan fingerprint density at radius 2 is 1.88 bits per heavy atom. The van der Waals surface area contributed by atoms with E-state index < -0.39 is 17.6 Å². The molecule has 0 rings (SSSR count). The maximum atomic E-state index is 11.6.